The van der Waals surface area contributed by atoms with E-state index in [1.165, 1.54) is 10.5 Å². The Hall–Kier alpha value is -2.45. The van der Waals surface area contributed by atoms with Crippen molar-refractivity contribution in [1.82, 2.24) is 23.9 Å². The second-order valence-electron chi connectivity index (χ2n) is 5.99. The summed E-state index contributed by atoms with van der Waals surface area (Å²) < 4.78 is 31.3. The smallest absolute Gasteiger partial charge is 0.246 e. The highest BCUT2D eigenvalue weighted by atomic mass is 32.2. The Morgan fingerprint density at radius 3 is 2.12 bits per heavy atom. The van der Waals surface area contributed by atoms with Gasteiger partial charge in [-0.15, -0.1) is 0 Å². The molecular formula is C18H23N5O2S. The van der Waals surface area contributed by atoms with Crippen molar-refractivity contribution in [3.8, 4) is 0 Å². The molecule has 138 valence electrons. The molecule has 0 bridgehead atoms. The Balaban J connectivity index is 1.92. The van der Waals surface area contributed by atoms with E-state index in [1.54, 1.807) is 21.8 Å². The van der Waals surface area contributed by atoms with Crippen LogP contribution in [-0.4, -0.2) is 32.3 Å². The van der Waals surface area contributed by atoms with Gasteiger partial charge in [-0.3, -0.25) is 9.36 Å². The topological polar surface area (TPSA) is 73.0 Å². The first kappa shape index (κ1) is 18.3. The normalized spacial score (nSPS) is 12.0. The van der Waals surface area contributed by atoms with Gasteiger partial charge in [-0.05, 0) is 19.4 Å². The van der Waals surface area contributed by atoms with Crippen LogP contribution in [0.3, 0.4) is 0 Å². The molecule has 0 N–H and O–H groups in total. The lowest BCUT2D eigenvalue weighted by molar-refractivity contribution is 0.401. The molecule has 0 fully saturated rings. The van der Waals surface area contributed by atoms with E-state index in [1.807, 2.05) is 50.4 Å². The van der Waals surface area contributed by atoms with E-state index in [0.29, 0.717) is 6.54 Å². The summed E-state index contributed by atoms with van der Waals surface area (Å²) in [6, 6.07) is 9.58. The van der Waals surface area contributed by atoms with Crippen molar-refractivity contribution in [2.75, 3.05) is 0 Å². The molecule has 0 amide bonds. The predicted octanol–water partition coefficient (Wildman–Crippen LogP) is 2.51. The molecule has 0 unspecified atom stereocenters. The molecule has 0 saturated heterocycles. The third-order valence-corrected chi connectivity index (χ3v) is 5.89. The quantitative estimate of drug-likeness (QED) is 0.608. The Morgan fingerprint density at radius 2 is 1.50 bits per heavy atom. The summed E-state index contributed by atoms with van der Waals surface area (Å²) in [5, 5.41) is 8.35. The fraction of sp³-hybridized carbons (Fsp3) is 0.333. The molecule has 0 spiro atoms. The Kier molecular flexibility index (Phi) is 5.53. The highest BCUT2D eigenvalue weighted by Crippen LogP contribution is 2.20. The van der Waals surface area contributed by atoms with Gasteiger partial charge in [0, 0.05) is 44.1 Å². The largest absolute Gasteiger partial charge is 0.273 e. The van der Waals surface area contributed by atoms with Crippen molar-refractivity contribution >= 4 is 10.0 Å². The first-order valence-corrected chi connectivity index (χ1v) is 10.0. The van der Waals surface area contributed by atoms with E-state index in [9.17, 15) is 8.42 Å². The second-order valence-corrected chi connectivity index (χ2v) is 7.93. The Bertz CT molecular complexity index is 947. The van der Waals surface area contributed by atoms with Crippen LogP contribution >= 0.6 is 0 Å². The lowest BCUT2D eigenvalue weighted by Crippen LogP contribution is -2.30. The van der Waals surface area contributed by atoms with Gasteiger partial charge in [-0.25, -0.2) is 8.42 Å². The second kappa shape index (κ2) is 7.84. The van der Waals surface area contributed by atoms with Crippen LogP contribution < -0.4 is 0 Å². The van der Waals surface area contributed by atoms with Crippen LogP contribution in [0.1, 0.15) is 25.0 Å². The van der Waals surface area contributed by atoms with Gasteiger partial charge in [0.05, 0.1) is 12.4 Å². The van der Waals surface area contributed by atoms with Gasteiger partial charge in [0.15, 0.2) is 0 Å². The molecule has 0 aliphatic carbocycles. The number of nitrogens with zero attached hydrogens (tertiary/aromatic N) is 5. The van der Waals surface area contributed by atoms with E-state index >= 15 is 0 Å². The summed E-state index contributed by atoms with van der Waals surface area (Å²) in [5.74, 6) is 0. The minimum atomic E-state index is -3.67. The van der Waals surface area contributed by atoms with Gasteiger partial charge >= 0.3 is 0 Å². The highest BCUT2D eigenvalue weighted by molar-refractivity contribution is 7.89. The number of hydrogen-bond donors (Lipinski definition) is 0. The van der Waals surface area contributed by atoms with Crippen molar-refractivity contribution in [2.24, 2.45) is 0 Å². The predicted molar refractivity (Wildman–Crippen MR) is 98.7 cm³/mol. The fourth-order valence-corrected chi connectivity index (χ4v) is 4.05. The summed E-state index contributed by atoms with van der Waals surface area (Å²) in [5.41, 5.74) is 1.79. The van der Waals surface area contributed by atoms with Crippen LogP contribution in [0.5, 0.6) is 0 Å². The summed E-state index contributed by atoms with van der Waals surface area (Å²) in [6.45, 7) is 5.83. The van der Waals surface area contributed by atoms with E-state index in [0.717, 1.165) is 17.7 Å². The lowest BCUT2D eigenvalue weighted by atomic mass is 10.2. The average molecular weight is 373 g/mol. The molecule has 0 atom stereocenters. The van der Waals surface area contributed by atoms with Crippen molar-refractivity contribution < 1.29 is 8.42 Å². The molecule has 3 aromatic rings. The van der Waals surface area contributed by atoms with Gasteiger partial charge in [-0.2, -0.15) is 14.5 Å². The minimum Gasteiger partial charge on any atom is -0.273 e. The summed E-state index contributed by atoms with van der Waals surface area (Å²) >= 11 is 0. The molecule has 2 aromatic heterocycles. The maximum Gasteiger partial charge on any atom is 0.246 e. The third kappa shape index (κ3) is 4.03. The summed E-state index contributed by atoms with van der Waals surface area (Å²) in [7, 11) is -3.67. The zero-order valence-corrected chi connectivity index (χ0v) is 15.8. The van der Waals surface area contributed by atoms with Crippen molar-refractivity contribution in [1.29, 1.82) is 0 Å². The van der Waals surface area contributed by atoms with Crippen molar-refractivity contribution in [3.05, 3.63) is 66.2 Å². The molecule has 0 aliphatic rings. The first-order valence-electron chi connectivity index (χ1n) is 8.60. The number of sulfonamides is 1. The Morgan fingerprint density at radius 1 is 0.885 bits per heavy atom. The molecular weight excluding hydrogens is 350 g/mol. The lowest BCUT2D eigenvalue weighted by Gasteiger charge is -2.21. The molecule has 1 aromatic carbocycles. The van der Waals surface area contributed by atoms with E-state index in [-0.39, 0.29) is 18.0 Å². The first-order chi connectivity index (χ1) is 12.5. The zero-order valence-electron chi connectivity index (χ0n) is 15.0. The van der Waals surface area contributed by atoms with Crippen LogP contribution in [0, 0.1) is 0 Å². The molecule has 0 radical (unpaired) electrons. The maximum atomic E-state index is 13.2. The highest BCUT2D eigenvalue weighted by Gasteiger charge is 2.27. The summed E-state index contributed by atoms with van der Waals surface area (Å²) in [4.78, 5) is 0.207. The van der Waals surface area contributed by atoms with Crippen LogP contribution in [0.2, 0.25) is 0 Å². The fourth-order valence-electron chi connectivity index (χ4n) is 2.68. The number of hydrogen-bond acceptors (Lipinski definition) is 4. The van der Waals surface area contributed by atoms with E-state index in [4.69, 9.17) is 0 Å². The van der Waals surface area contributed by atoms with Gasteiger partial charge in [0.25, 0.3) is 0 Å². The van der Waals surface area contributed by atoms with Crippen molar-refractivity contribution in [2.45, 2.75) is 44.9 Å². The SMILES string of the molecule is CCn1cc(CN(Cc2ccccc2)S(=O)(=O)c2cnn(CC)c2)cn1. The molecule has 0 aliphatic heterocycles. The van der Waals surface area contributed by atoms with Crippen molar-refractivity contribution in [3.63, 3.8) is 0 Å². The number of rotatable bonds is 8. The molecule has 7 nitrogen and oxygen atoms in total. The molecule has 3 rings (SSSR count). The van der Waals surface area contributed by atoms with Gasteiger partial charge in [0.1, 0.15) is 4.90 Å². The van der Waals surface area contributed by atoms with Crippen LogP contribution in [0.15, 0.2) is 60.0 Å². The zero-order chi connectivity index (χ0) is 18.6. The molecule has 26 heavy (non-hydrogen) atoms. The molecule has 0 saturated carbocycles. The standard InChI is InChI=1S/C18H23N5O2S/c1-3-21-12-17(10-19-21)14-23(13-16-8-6-5-7-9-16)26(24,25)18-11-20-22(4-2)15-18/h5-12,15H,3-4,13-14H2,1-2H3. The van der Waals surface area contributed by atoms with Crippen LogP contribution in [0.25, 0.3) is 0 Å². The van der Waals surface area contributed by atoms with Crippen LogP contribution in [0.4, 0.5) is 0 Å². The van der Waals surface area contributed by atoms with E-state index < -0.39 is 10.0 Å². The minimum absolute atomic E-state index is 0.207. The van der Waals surface area contributed by atoms with Gasteiger partial charge in [-0.1, -0.05) is 30.3 Å². The molecule has 2 heterocycles. The molecule has 8 heteroatoms. The van der Waals surface area contributed by atoms with Gasteiger partial charge in [0.2, 0.25) is 10.0 Å². The third-order valence-electron chi connectivity index (χ3n) is 4.14. The number of aryl methyl sites for hydroxylation is 2. The maximum absolute atomic E-state index is 13.2. The van der Waals surface area contributed by atoms with Gasteiger partial charge < -0.3 is 0 Å². The van der Waals surface area contributed by atoms with E-state index in [2.05, 4.69) is 10.2 Å². The average Bonchev–Trinajstić information content (AvgIpc) is 3.31. The number of aromatic nitrogens is 4. The number of benzene rings is 1. The summed E-state index contributed by atoms with van der Waals surface area (Å²) in [6.07, 6.45) is 6.57. The van der Waals surface area contributed by atoms with Crippen LogP contribution in [-0.2, 0) is 36.2 Å². The Labute approximate surface area is 153 Å². The monoisotopic (exact) mass is 373 g/mol.